The number of carboxylic acid groups (broad SMARTS) is 2. The van der Waals surface area contributed by atoms with Crippen LogP contribution < -0.4 is 5.32 Å². The molecule has 0 bridgehead atoms. The normalized spacial score (nSPS) is 13.6. The lowest BCUT2D eigenvalue weighted by Gasteiger charge is -2.17. The number of fused-ring (bicyclic) bond motifs is 1. The van der Waals surface area contributed by atoms with Gasteiger partial charge in [-0.05, 0) is 55.3 Å². The van der Waals surface area contributed by atoms with E-state index in [1.165, 1.54) is 16.7 Å². The number of nitrogens with one attached hydrogen (secondary N) is 1. The molecule has 0 radical (unpaired) electrons. The Hall–Kier alpha value is -3.25. The van der Waals surface area contributed by atoms with Crippen molar-refractivity contribution < 1.29 is 19.8 Å². The van der Waals surface area contributed by atoms with E-state index in [1.54, 1.807) is 5.57 Å². The molecule has 0 fully saturated rings. The fourth-order valence-electron chi connectivity index (χ4n) is 3.41. The first-order chi connectivity index (χ1) is 13.9. The summed E-state index contributed by atoms with van der Waals surface area (Å²) in [6.07, 6.45) is 5.20. The monoisotopic (exact) mass is 394 g/mol. The lowest BCUT2D eigenvalue weighted by Crippen LogP contribution is -2.09. The minimum atomic E-state index is -1.26. The minimum Gasteiger partial charge on any atom is -0.478 e. The van der Waals surface area contributed by atoms with Crippen LogP contribution in [0.15, 0.2) is 66.4 Å². The van der Waals surface area contributed by atoms with Gasteiger partial charge < -0.3 is 15.5 Å². The number of hydrogen-bond acceptors (Lipinski definition) is 4. The third-order valence-corrected chi connectivity index (χ3v) is 4.70. The third-order valence-electron chi connectivity index (χ3n) is 4.70. The van der Waals surface area contributed by atoms with Crippen molar-refractivity contribution in [2.45, 2.75) is 25.7 Å². The predicted octanol–water partition coefficient (Wildman–Crippen LogP) is 3.52. The molecule has 2 aromatic rings. The topological polar surface area (TPSA) is 99.5 Å². The summed E-state index contributed by atoms with van der Waals surface area (Å²) in [5, 5.41) is 18.9. The number of rotatable bonds is 7. The average Bonchev–Trinajstić information content (AvgIpc) is 3.09. The molecular formula is C23H26N2O4. The summed E-state index contributed by atoms with van der Waals surface area (Å²) in [6, 6.07) is 15.0. The Bertz CT molecular complexity index is 888. The Labute approximate surface area is 170 Å². The minimum absolute atomic E-state index is 0.349. The van der Waals surface area contributed by atoms with Crippen molar-refractivity contribution in [1.82, 2.24) is 10.3 Å². The van der Waals surface area contributed by atoms with Crippen molar-refractivity contribution in [2.24, 2.45) is 0 Å². The second-order valence-electron chi connectivity index (χ2n) is 6.69. The highest BCUT2D eigenvalue weighted by atomic mass is 16.4. The second kappa shape index (κ2) is 10.9. The van der Waals surface area contributed by atoms with E-state index < -0.39 is 11.9 Å². The highest BCUT2D eigenvalue weighted by molar-refractivity contribution is 5.89. The SMILES string of the molecule is CNCCC1=C(C(C)c2ccccn2)c2ccccc2C1.O=C(O)/C=C/C(=O)O. The zero-order chi connectivity index (χ0) is 21.2. The van der Waals surface area contributed by atoms with Crippen molar-refractivity contribution >= 4 is 17.5 Å². The number of hydrogen-bond donors (Lipinski definition) is 3. The number of pyridine rings is 1. The van der Waals surface area contributed by atoms with E-state index in [4.69, 9.17) is 10.2 Å². The molecule has 0 saturated heterocycles. The van der Waals surface area contributed by atoms with E-state index in [2.05, 4.69) is 53.6 Å². The van der Waals surface area contributed by atoms with Gasteiger partial charge in [-0.25, -0.2) is 9.59 Å². The number of aliphatic carboxylic acids is 2. The quantitative estimate of drug-likeness (QED) is 0.622. The van der Waals surface area contributed by atoms with E-state index in [9.17, 15) is 9.59 Å². The maximum Gasteiger partial charge on any atom is 0.328 e. The summed E-state index contributed by atoms with van der Waals surface area (Å²) in [6.45, 7) is 3.31. The van der Waals surface area contributed by atoms with Crippen LogP contribution in [0.2, 0.25) is 0 Å². The molecule has 29 heavy (non-hydrogen) atoms. The zero-order valence-electron chi connectivity index (χ0n) is 16.6. The van der Waals surface area contributed by atoms with Crippen LogP contribution in [0.5, 0.6) is 0 Å². The van der Waals surface area contributed by atoms with E-state index in [-0.39, 0.29) is 0 Å². The van der Waals surface area contributed by atoms with Gasteiger partial charge in [-0.3, -0.25) is 4.98 Å². The van der Waals surface area contributed by atoms with Crippen molar-refractivity contribution in [3.63, 3.8) is 0 Å². The lowest BCUT2D eigenvalue weighted by atomic mass is 9.90. The molecule has 1 aliphatic carbocycles. The number of carboxylic acids is 2. The summed E-state index contributed by atoms with van der Waals surface area (Å²) < 4.78 is 0. The molecule has 1 atom stereocenters. The first kappa shape index (κ1) is 22.0. The highest BCUT2D eigenvalue weighted by Gasteiger charge is 2.25. The van der Waals surface area contributed by atoms with Gasteiger partial charge in [0, 0.05) is 30.0 Å². The van der Waals surface area contributed by atoms with Crippen LogP contribution in [0.25, 0.3) is 5.57 Å². The predicted molar refractivity (Wildman–Crippen MR) is 113 cm³/mol. The van der Waals surface area contributed by atoms with Crippen LogP contribution in [0.1, 0.15) is 36.1 Å². The molecule has 3 rings (SSSR count). The molecule has 1 aliphatic rings. The Balaban J connectivity index is 0.000000321. The molecule has 6 heteroatoms. The van der Waals surface area contributed by atoms with Crippen molar-refractivity contribution in [2.75, 3.05) is 13.6 Å². The number of benzene rings is 1. The van der Waals surface area contributed by atoms with Gasteiger partial charge in [-0.2, -0.15) is 0 Å². The molecule has 0 aliphatic heterocycles. The molecule has 6 nitrogen and oxygen atoms in total. The van der Waals surface area contributed by atoms with Crippen molar-refractivity contribution in [1.29, 1.82) is 0 Å². The van der Waals surface area contributed by atoms with E-state index in [0.717, 1.165) is 25.1 Å². The van der Waals surface area contributed by atoms with Gasteiger partial charge in [0.1, 0.15) is 0 Å². The highest BCUT2D eigenvalue weighted by Crippen LogP contribution is 2.42. The molecule has 152 valence electrons. The van der Waals surface area contributed by atoms with Gasteiger partial charge in [-0.1, -0.05) is 42.8 Å². The van der Waals surface area contributed by atoms with Gasteiger partial charge in [0.2, 0.25) is 0 Å². The first-order valence-electron chi connectivity index (χ1n) is 9.43. The second-order valence-corrected chi connectivity index (χ2v) is 6.69. The molecular weight excluding hydrogens is 368 g/mol. The summed E-state index contributed by atoms with van der Waals surface area (Å²) >= 11 is 0. The molecule has 3 N–H and O–H groups in total. The van der Waals surface area contributed by atoms with Crippen LogP contribution in [0, 0.1) is 0 Å². The van der Waals surface area contributed by atoms with E-state index in [0.29, 0.717) is 18.1 Å². The number of nitrogens with zero attached hydrogens (tertiary/aromatic N) is 1. The Morgan fingerprint density at radius 1 is 1.10 bits per heavy atom. The maximum atomic E-state index is 9.55. The Morgan fingerprint density at radius 2 is 1.76 bits per heavy atom. The standard InChI is InChI=1S/C19H22N2.C4H4O4/c1-14(18-9-5-6-11-21-18)19-16(10-12-20-2)13-15-7-3-4-8-17(15)19;5-3(6)1-2-4(7)8/h3-9,11,14,20H,10,12-13H2,1-2H3;1-2H,(H,5,6)(H,7,8)/b;2-1+. The summed E-state index contributed by atoms with van der Waals surface area (Å²) in [7, 11) is 2.02. The molecule has 0 spiro atoms. The van der Waals surface area contributed by atoms with E-state index >= 15 is 0 Å². The van der Waals surface area contributed by atoms with Gasteiger partial charge in [-0.15, -0.1) is 0 Å². The van der Waals surface area contributed by atoms with Crippen LogP contribution in [-0.2, 0) is 16.0 Å². The van der Waals surface area contributed by atoms with E-state index in [1.807, 2.05) is 19.3 Å². The van der Waals surface area contributed by atoms with Crippen molar-refractivity contribution in [3.05, 3.63) is 83.2 Å². The molecule has 0 saturated carbocycles. The summed E-state index contributed by atoms with van der Waals surface area (Å²) in [5.41, 5.74) is 7.08. The van der Waals surface area contributed by atoms with Crippen LogP contribution in [0.4, 0.5) is 0 Å². The maximum absolute atomic E-state index is 9.55. The molecule has 0 amide bonds. The van der Waals surface area contributed by atoms with Gasteiger partial charge in [0.05, 0.1) is 0 Å². The average molecular weight is 394 g/mol. The van der Waals surface area contributed by atoms with Gasteiger partial charge >= 0.3 is 11.9 Å². The molecule has 1 unspecified atom stereocenters. The molecule has 1 heterocycles. The van der Waals surface area contributed by atoms with Gasteiger partial charge in [0.25, 0.3) is 0 Å². The third kappa shape index (κ3) is 6.40. The zero-order valence-corrected chi connectivity index (χ0v) is 16.6. The number of carbonyl (C=O) groups is 2. The molecule has 1 aromatic carbocycles. The van der Waals surface area contributed by atoms with Crippen LogP contribution in [-0.4, -0.2) is 40.7 Å². The fourth-order valence-corrected chi connectivity index (χ4v) is 3.41. The summed E-state index contributed by atoms with van der Waals surface area (Å²) in [5.74, 6) is -2.17. The number of allylic oxidation sites excluding steroid dienone is 1. The number of aromatic nitrogens is 1. The summed E-state index contributed by atoms with van der Waals surface area (Å²) in [4.78, 5) is 23.7. The largest absolute Gasteiger partial charge is 0.478 e. The Kier molecular flexibility index (Phi) is 8.30. The smallest absolute Gasteiger partial charge is 0.328 e. The van der Waals surface area contributed by atoms with Gasteiger partial charge in [0.15, 0.2) is 0 Å². The van der Waals surface area contributed by atoms with Crippen LogP contribution in [0.3, 0.4) is 0 Å². The van der Waals surface area contributed by atoms with Crippen LogP contribution >= 0.6 is 0 Å². The Morgan fingerprint density at radius 3 is 2.34 bits per heavy atom. The lowest BCUT2D eigenvalue weighted by molar-refractivity contribution is -0.134. The molecule has 1 aromatic heterocycles. The first-order valence-corrected chi connectivity index (χ1v) is 9.43. The van der Waals surface area contributed by atoms with Crippen molar-refractivity contribution in [3.8, 4) is 0 Å². The fraction of sp³-hybridized carbons (Fsp3) is 0.261.